The highest BCUT2D eigenvalue weighted by Crippen LogP contribution is 2.23. The molecule has 1 heterocycles. The number of carbonyl (C=O) groups excluding carboxylic acids is 1. The van der Waals surface area contributed by atoms with Crippen molar-refractivity contribution in [1.82, 2.24) is 9.97 Å². The van der Waals surface area contributed by atoms with E-state index >= 15 is 0 Å². The van der Waals surface area contributed by atoms with Crippen LogP contribution in [0.5, 0.6) is 0 Å². The molecule has 0 amide bonds. The monoisotopic (exact) mass is 248 g/mol. The van der Waals surface area contributed by atoms with E-state index in [1.54, 1.807) is 6.20 Å². The lowest BCUT2D eigenvalue weighted by Gasteiger charge is -2.18. The van der Waals surface area contributed by atoms with Crippen LogP contribution in [0, 0.1) is 0 Å². The van der Waals surface area contributed by atoms with Crippen LogP contribution in [-0.2, 0) is 11.2 Å². The first-order valence-corrected chi connectivity index (χ1v) is 6.76. The highest BCUT2D eigenvalue weighted by Gasteiger charge is 2.22. The van der Waals surface area contributed by atoms with E-state index in [2.05, 4.69) is 16.9 Å². The Hall–Kier alpha value is -1.29. The number of ether oxygens (including phenoxy) is 1. The summed E-state index contributed by atoms with van der Waals surface area (Å²) in [5.41, 5.74) is 1.61. The number of carbonyl (C=O) groups is 1. The third-order valence-corrected chi connectivity index (χ3v) is 3.21. The zero-order chi connectivity index (χ0) is 13.0. The summed E-state index contributed by atoms with van der Waals surface area (Å²) >= 11 is 0. The summed E-state index contributed by atoms with van der Waals surface area (Å²) in [6.07, 6.45) is 5.99. The topological polar surface area (TPSA) is 52.1 Å². The molecule has 0 aliphatic heterocycles. The molecular weight excluding hydrogens is 228 g/mol. The van der Waals surface area contributed by atoms with Crippen LogP contribution in [0.15, 0.2) is 6.20 Å². The molecule has 0 spiro atoms. The highest BCUT2D eigenvalue weighted by atomic mass is 16.5. The van der Waals surface area contributed by atoms with Crippen LogP contribution in [0.3, 0.4) is 0 Å². The van der Waals surface area contributed by atoms with E-state index in [1.807, 2.05) is 6.92 Å². The van der Waals surface area contributed by atoms with Gasteiger partial charge in [-0.2, -0.15) is 0 Å². The van der Waals surface area contributed by atoms with Crippen molar-refractivity contribution in [3.05, 3.63) is 23.3 Å². The van der Waals surface area contributed by atoms with Gasteiger partial charge in [0.2, 0.25) is 0 Å². The second-order valence-electron chi connectivity index (χ2n) is 4.60. The van der Waals surface area contributed by atoms with Gasteiger partial charge >= 0.3 is 0 Å². The Bertz CT molecular complexity index is 426. The van der Waals surface area contributed by atoms with Crippen LogP contribution in [0.25, 0.3) is 0 Å². The van der Waals surface area contributed by atoms with Crippen molar-refractivity contribution in [2.45, 2.75) is 52.1 Å². The fourth-order valence-electron chi connectivity index (χ4n) is 2.31. The number of Topliss-reactive ketones (excluding diaryl/α,β-unsaturated/α-hetero) is 1. The van der Waals surface area contributed by atoms with Gasteiger partial charge in [-0.1, -0.05) is 13.3 Å². The first kappa shape index (κ1) is 13.1. The molecule has 98 valence electrons. The molecule has 1 aliphatic rings. The van der Waals surface area contributed by atoms with E-state index in [9.17, 15) is 4.79 Å². The molecule has 0 bridgehead atoms. The third kappa shape index (κ3) is 2.75. The summed E-state index contributed by atoms with van der Waals surface area (Å²) in [5.74, 6) is 0.901. The summed E-state index contributed by atoms with van der Waals surface area (Å²) < 4.78 is 5.68. The van der Waals surface area contributed by atoms with E-state index in [-0.39, 0.29) is 11.9 Å². The molecule has 0 radical (unpaired) electrons. The van der Waals surface area contributed by atoms with Gasteiger partial charge in [-0.15, -0.1) is 0 Å². The number of aromatic nitrogens is 2. The summed E-state index contributed by atoms with van der Waals surface area (Å²) in [4.78, 5) is 20.6. The highest BCUT2D eigenvalue weighted by molar-refractivity contribution is 5.97. The van der Waals surface area contributed by atoms with Crippen molar-refractivity contribution in [2.24, 2.45) is 0 Å². The van der Waals surface area contributed by atoms with Crippen molar-refractivity contribution < 1.29 is 9.53 Å². The van der Waals surface area contributed by atoms with E-state index in [0.717, 1.165) is 37.2 Å². The standard InChI is InChI=1S/C14H20N2O2/c1-3-6-13(18-4-2)14-15-9-10-11(16-14)7-5-8-12(10)17/h9,13H,3-8H2,1-2H3. The second kappa shape index (κ2) is 6.05. The second-order valence-corrected chi connectivity index (χ2v) is 4.60. The minimum Gasteiger partial charge on any atom is -0.371 e. The summed E-state index contributed by atoms with van der Waals surface area (Å²) in [7, 11) is 0. The first-order chi connectivity index (χ1) is 8.76. The smallest absolute Gasteiger partial charge is 0.166 e. The number of hydrogen-bond donors (Lipinski definition) is 0. The van der Waals surface area contributed by atoms with E-state index in [1.165, 1.54) is 0 Å². The van der Waals surface area contributed by atoms with Gasteiger partial charge in [-0.25, -0.2) is 9.97 Å². The van der Waals surface area contributed by atoms with Crippen LogP contribution in [-0.4, -0.2) is 22.4 Å². The maximum absolute atomic E-state index is 11.7. The largest absolute Gasteiger partial charge is 0.371 e. The molecule has 1 aromatic rings. The summed E-state index contributed by atoms with van der Waals surface area (Å²) in [5, 5.41) is 0. The Labute approximate surface area is 108 Å². The predicted octanol–water partition coefficient (Wildman–Crippen LogP) is 2.87. The van der Waals surface area contributed by atoms with Gasteiger partial charge in [0.05, 0.1) is 11.3 Å². The Kier molecular flexibility index (Phi) is 4.42. The van der Waals surface area contributed by atoms with Gasteiger partial charge in [-0.05, 0) is 26.2 Å². The molecule has 18 heavy (non-hydrogen) atoms. The van der Waals surface area contributed by atoms with Gasteiger partial charge in [0.1, 0.15) is 6.10 Å². The fraction of sp³-hybridized carbons (Fsp3) is 0.643. The number of hydrogen-bond acceptors (Lipinski definition) is 4. The zero-order valence-electron chi connectivity index (χ0n) is 11.1. The Morgan fingerprint density at radius 1 is 1.39 bits per heavy atom. The van der Waals surface area contributed by atoms with Gasteiger partial charge in [0, 0.05) is 19.2 Å². The Balaban J connectivity index is 2.26. The molecule has 1 atom stereocenters. The normalized spacial score (nSPS) is 16.4. The fourth-order valence-corrected chi connectivity index (χ4v) is 2.31. The van der Waals surface area contributed by atoms with Crippen molar-refractivity contribution in [3.63, 3.8) is 0 Å². The molecule has 4 nitrogen and oxygen atoms in total. The molecule has 2 rings (SSSR count). The average Bonchev–Trinajstić information content (AvgIpc) is 2.38. The van der Waals surface area contributed by atoms with Gasteiger partial charge in [0.25, 0.3) is 0 Å². The molecule has 0 N–H and O–H groups in total. The van der Waals surface area contributed by atoms with Crippen LogP contribution in [0.2, 0.25) is 0 Å². The van der Waals surface area contributed by atoms with Crippen molar-refractivity contribution in [3.8, 4) is 0 Å². The number of nitrogens with zero attached hydrogens (tertiary/aromatic N) is 2. The van der Waals surface area contributed by atoms with Crippen LogP contribution in [0.4, 0.5) is 0 Å². The lowest BCUT2D eigenvalue weighted by Crippen LogP contribution is -2.17. The first-order valence-electron chi connectivity index (χ1n) is 6.76. The van der Waals surface area contributed by atoms with Crippen molar-refractivity contribution in [2.75, 3.05) is 6.61 Å². The molecule has 0 fully saturated rings. The quantitative estimate of drug-likeness (QED) is 0.804. The van der Waals surface area contributed by atoms with E-state index in [0.29, 0.717) is 18.6 Å². The van der Waals surface area contributed by atoms with Crippen LogP contribution in [0.1, 0.15) is 67.5 Å². The van der Waals surface area contributed by atoms with Crippen molar-refractivity contribution in [1.29, 1.82) is 0 Å². The lowest BCUT2D eigenvalue weighted by atomic mass is 9.96. The molecule has 1 aliphatic carbocycles. The molecule has 4 heteroatoms. The molecule has 0 aromatic carbocycles. The average molecular weight is 248 g/mol. The zero-order valence-corrected chi connectivity index (χ0v) is 11.1. The minimum atomic E-state index is -0.0395. The van der Waals surface area contributed by atoms with Gasteiger partial charge < -0.3 is 4.74 Å². The van der Waals surface area contributed by atoms with Crippen LogP contribution >= 0.6 is 0 Å². The molecule has 0 saturated heterocycles. The maximum atomic E-state index is 11.7. The molecule has 0 saturated carbocycles. The third-order valence-electron chi connectivity index (χ3n) is 3.21. The lowest BCUT2D eigenvalue weighted by molar-refractivity contribution is 0.0491. The number of fused-ring (bicyclic) bond motifs is 1. The Morgan fingerprint density at radius 3 is 2.94 bits per heavy atom. The van der Waals surface area contributed by atoms with E-state index < -0.39 is 0 Å². The predicted molar refractivity (Wildman–Crippen MR) is 68.6 cm³/mol. The number of rotatable bonds is 5. The number of ketones is 1. The Morgan fingerprint density at radius 2 is 2.22 bits per heavy atom. The van der Waals surface area contributed by atoms with Crippen molar-refractivity contribution >= 4 is 5.78 Å². The minimum absolute atomic E-state index is 0.0395. The molecular formula is C14H20N2O2. The molecule has 1 unspecified atom stereocenters. The summed E-state index contributed by atoms with van der Waals surface area (Å²) in [6, 6.07) is 0. The SMILES string of the molecule is CCCC(OCC)c1ncc2c(n1)CCCC2=O. The molecule has 1 aromatic heterocycles. The maximum Gasteiger partial charge on any atom is 0.166 e. The summed E-state index contributed by atoms with van der Waals surface area (Å²) in [6.45, 7) is 4.75. The van der Waals surface area contributed by atoms with Gasteiger partial charge in [0.15, 0.2) is 11.6 Å². The van der Waals surface area contributed by atoms with Gasteiger partial charge in [-0.3, -0.25) is 4.79 Å². The van der Waals surface area contributed by atoms with E-state index in [4.69, 9.17) is 4.74 Å². The number of aryl methyl sites for hydroxylation is 1. The van der Waals surface area contributed by atoms with Crippen LogP contribution < -0.4 is 0 Å².